The average Bonchev–Trinajstić information content (AvgIpc) is 3.05. The first-order valence-electron chi connectivity index (χ1n) is 6.78. The minimum Gasteiger partial charge on any atom is -0.492 e. The second kappa shape index (κ2) is 6.35. The Morgan fingerprint density at radius 2 is 2.16 bits per heavy atom. The highest BCUT2D eigenvalue weighted by Crippen LogP contribution is 2.37. The number of likely N-dealkylation sites (N-methyl/N-ethyl adjacent to an activating group) is 1. The molecule has 1 aliphatic carbocycles. The number of para-hydroxylation sites is 1. The highest BCUT2D eigenvalue weighted by atomic mass is 32.1. The molecule has 2 rings (SSSR count). The molecule has 0 aliphatic heterocycles. The maximum atomic E-state index is 5.79. The summed E-state index contributed by atoms with van der Waals surface area (Å²) in [5.41, 5.74) is 6.49. The number of hydrogen-bond donors (Lipinski definition) is 1. The van der Waals surface area contributed by atoms with Gasteiger partial charge in [0, 0.05) is 13.1 Å². The fourth-order valence-electron chi connectivity index (χ4n) is 2.25. The summed E-state index contributed by atoms with van der Waals surface area (Å²) >= 11 is 5.02. The van der Waals surface area contributed by atoms with Crippen LogP contribution in [0, 0.1) is 11.8 Å². The van der Waals surface area contributed by atoms with Crippen LogP contribution in [0.25, 0.3) is 0 Å². The third-order valence-electron chi connectivity index (χ3n) is 3.71. The van der Waals surface area contributed by atoms with Crippen molar-refractivity contribution in [3.8, 4) is 5.75 Å². The average molecular weight is 278 g/mol. The minimum absolute atomic E-state index is 0.385. The lowest BCUT2D eigenvalue weighted by molar-refractivity contribution is 0.230. The Hall–Kier alpha value is -1.13. The van der Waals surface area contributed by atoms with Crippen LogP contribution in [0.2, 0.25) is 0 Å². The Balaban J connectivity index is 1.77. The molecule has 2 N–H and O–H groups in total. The molecule has 4 heteroatoms. The van der Waals surface area contributed by atoms with Gasteiger partial charge < -0.3 is 15.4 Å². The van der Waals surface area contributed by atoms with Crippen LogP contribution in [0.5, 0.6) is 5.75 Å². The molecular formula is C15H22N2OS. The van der Waals surface area contributed by atoms with E-state index in [2.05, 4.69) is 18.9 Å². The Morgan fingerprint density at radius 3 is 2.79 bits per heavy atom. The highest BCUT2D eigenvalue weighted by molar-refractivity contribution is 7.80. The fourth-order valence-corrected chi connectivity index (χ4v) is 2.42. The number of thiocarbonyl (C=S) groups is 1. The molecule has 0 heterocycles. The van der Waals surface area contributed by atoms with Crippen molar-refractivity contribution in [3.63, 3.8) is 0 Å². The molecule has 1 aromatic carbocycles. The van der Waals surface area contributed by atoms with Gasteiger partial charge in [0.05, 0.1) is 5.56 Å². The Bertz CT molecular complexity index is 450. The van der Waals surface area contributed by atoms with Crippen molar-refractivity contribution in [1.29, 1.82) is 0 Å². The third kappa shape index (κ3) is 4.18. The van der Waals surface area contributed by atoms with Crippen LogP contribution in [0.15, 0.2) is 24.3 Å². The van der Waals surface area contributed by atoms with Gasteiger partial charge in [-0.05, 0) is 37.4 Å². The predicted molar refractivity (Wildman–Crippen MR) is 82.6 cm³/mol. The van der Waals surface area contributed by atoms with E-state index < -0.39 is 0 Å². The summed E-state index contributed by atoms with van der Waals surface area (Å²) in [6.45, 7) is 5.07. The van der Waals surface area contributed by atoms with E-state index >= 15 is 0 Å². The van der Waals surface area contributed by atoms with Gasteiger partial charge in [-0.1, -0.05) is 31.3 Å². The predicted octanol–water partition coefficient (Wildman–Crippen LogP) is 2.29. The Labute approximate surface area is 120 Å². The van der Waals surface area contributed by atoms with Crippen molar-refractivity contribution in [3.05, 3.63) is 29.8 Å². The molecule has 1 aliphatic rings. The van der Waals surface area contributed by atoms with E-state index in [1.807, 2.05) is 24.3 Å². The molecular weight excluding hydrogens is 256 g/mol. The van der Waals surface area contributed by atoms with Crippen molar-refractivity contribution in [2.45, 2.75) is 13.3 Å². The van der Waals surface area contributed by atoms with E-state index in [1.165, 1.54) is 13.0 Å². The van der Waals surface area contributed by atoms with Crippen molar-refractivity contribution in [2.75, 3.05) is 26.7 Å². The van der Waals surface area contributed by atoms with Crippen LogP contribution in [-0.2, 0) is 0 Å². The van der Waals surface area contributed by atoms with Crippen LogP contribution in [0.3, 0.4) is 0 Å². The van der Waals surface area contributed by atoms with E-state index in [4.69, 9.17) is 22.7 Å². The van der Waals surface area contributed by atoms with E-state index in [0.29, 0.717) is 11.6 Å². The van der Waals surface area contributed by atoms with Crippen LogP contribution < -0.4 is 10.5 Å². The van der Waals surface area contributed by atoms with Crippen LogP contribution >= 0.6 is 12.2 Å². The summed E-state index contributed by atoms with van der Waals surface area (Å²) in [6.07, 6.45) is 1.37. The largest absolute Gasteiger partial charge is 0.492 e. The van der Waals surface area contributed by atoms with Gasteiger partial charge in [-0.3, -0.25) is 0 Å². The quantitative estimate of drug-likeness (QED) is 0.777. The molecule has 2 unspecified atom stereocenters. The molecule has 104 valence electrons. The highest BCUT2D eigenvalue weighted by Gasteiger charge is 2.32. The summed E-state index contributed by atoms with van der Waals surface area (Å²) in [5, 5.41) is 0. The molecule has 19 heavy (non-hydrogen) atoms. The molecule has 0 spiro atoms. The molecule has 1 aromatic rings. The maximum absolute atomic E-state index is 5.79. The number of nitrogens with zero attached hydrogens (tertiary/aromatic N) is 1. The smallest absolute Gasteiger partial charge is 0.129 e. The first-order chi connectivity index (χ1) is 9.08. The fraction of sp³-hybridized carbons (Fsp3) is 0.533. The van der Waals surface area contributed by atoms with Gasteiger partial charge in [0.25, 0.3) is 0 Å². The van der Waals surface area contributed by atoms with E-state index in [-0.39, 0.29) is 0 Å². The maximum Gasteiger partial charge on any atom is 0.129 e. The van der Waals surface area contributed by atoms with Crippen molar-refractivity contribution < 1.29 is 4.74 Å². The van der Waals surface area contributed by atoms with E-state index in [0.717, 1.165) is 29.7 Å². The van der Waals surface area contributed by atoms with Crippen molar-refractivity contribution >= 4 is 17.2 Å². The lowest BCUT2D eigenvalue weighted by Crippen LogP contribution is -2.27. The number of benzene rings is 1. The van der Waals surface area contributed by atoms with Gasteiger partial charge in [-0.25, -0.2) is 0 Å². The first kappa shape index (κ1) is 14.3. The number of hydrogen-bond acceptors (Lipinski definition) is 3. The second-order valence-corrected chi connectivity index (χ2v) is 5.88. The Kier molecular flexibility index (Phi) is 4.77. The van der Waals surface area contributed by atoms with Crippen molar-refractivity contribution in [2.24, 2.45) is 17.6 Å². The zero-order valence-electron chi connectivity index (χ0n) is 11.6. The number of rotatable bonds is 7. The standard InChI is InChI=1S/C15H22N2OS/c1-11-9-12(11)10-17(2)7-8-18-14-6-4-3-5-13(14)15(16)19/h3-6,11-12H,7-10H2,1-2H3,(H2,16,19). The van der Waals surface area contributed by atoms with Gasteiger partial charge in [0.15, 0.2) is 0 Å². The second-order valence-electron chi connectivity index (χ2n) is 5.44. The topological polar surface area (TPSA) is 38.5 Å². The molecule has 0 amide bonds. The van der Waals surface area contributed by atoms with Gasteiger partial charge in [-0.2, -0.15) is 0 Å². The zero-order chi connectivity index (χ0) is 13.8. The number of nitrogens with two attached hydrogens (primary N) is 1. The normalized spacial score (nSPS) is 21.4. The lowest BCUT2D eigenvalue weighted by Gasteiger charge is -2.17. The van der Waals surface area contributed by atoms with Crippen LogP contribution in [0.1, 0.15) is 18.9 Å². The number of ether oxygens (including phenoxy) is 1. The van der Waals surface area contributed by atoms with E-state index in [9.17, 15) is 0 Å². The molecule has 0 aromatic heterocycles. The molecule has 3 nitrogen and oxygen atoms in total. The zero-order valence-corrected chi connectivity index (χ0v) is 12.5. The van der Waals surface area contributed by atoms with E-state index in [1.54, 1.807) is 0 Å². The molecule has 1 fully saturated rings. The molecule has 0 bridgehead atoms. The molecule has 0 radical (unpaired) electrons. The van der Waals surface area contributed by atoms with Gasteiger partial charge in [0.2, 0.25) is 0 Å². The van der Waals surface area contributed by atoms with Crippen LogP contribution in [0.4, 0.5) is 0 Å². The first-order valence-corrected chi connectivity index (χ1v) is 7.19. The van der Waals surface area contributed by atoms with Crippen molar-refractivity contribution in [1.82, 2.24) is 4.90 Å². The van der Waals surface area contributed by atoms with Gasteiger partial charge in [-0.15, -0.1) is 0 Å². The Morgan fingerprint density at radius 1 is 1.47 bits per heavy atom. The van der Waals surface area contributed by atoms with Crippen LogP contribution in [-0.4, -0.2) is 36.6 Å². The summed E-state index contributed by atoms with van der Waals surface area (Å²) in [6, 6.07) is 7.67. The summed E-state index contributed by atoms with van der Waals surface area (Å²) in [5.74, 6) is 2.57. The minimum atomic E-state index is 0.385. The molecule has 0 saturated heterocycles. The SMILES string of the molecule is CC1CC1CN(C)CCOc1ccccc1C(N)=S. The molecule has 2 atom stereocenters. The molecule has 1 saturated carbocycles. The van der Waals surface area contributed by atoms with Gasteiger partial charge in [0.1, 0.15) is 17.3 Å². The third-order valence-corrected chi connectivity index (χ3v) is 3.93. The summed E-state index contributed by atoms with van der Waals surface area (Å²) < 4.78 is 5.79. The lowest BCUT2D eigenvalue weighted by atomic mass is 10.2. The summed E-state index contributed by atoms with van der Waals surface area (Å²) in [4.78, 5) is 2.72. The monoisotopic (exact) mass is 278 g/mol. The summed E-state index contributed by atoms with van der Waals surface area (Å²) in [7, 11) is 2.15. The van der Waals surface area contributed by atoms with Gasteiger partial charge >= 0.3 is 0 Å².